The number of rotatable bonds is 1. The van der Waals surface area contributed by atoms with Crippen LogP contribution >= 0.6 is 0 Å². The summed E-state index contributed by atoms with van der Waals surface area (Å²) in [5.74, 6) is 0.267. The van der Waals surface area contributed by atoms with E-state index in [9.17, 15) is 8.42 Å². The molecule has 1 aliphatic heterocycles. The second-order valence-corrected chi connectivity index (χ2v) is 5.34. The molecule has 1 aliphatic rings. The molecule has 1 aromatic rings. The van der Waals surface area contributed by atoms with E-state index in [0.717, 1.165) is 6.26 Å². The highest BCUT2D eigenvalue weighted by Gasteiger charge is 2.20. The van der Waals surface area contributed by atoms with Gasteiger partial charge in [0.05, 0.1) is 4.90 Å². The van der Waals surface area contributed by atoms with Crippen molar-refractivity contribution in [3.05, 3.63) is 29.3 Å². The molecule has 0 bridgehead atoms. The van der Waals surface area contributed by atoms with E-state index in [-0.39, 0.29) is 16.6 Å². The number of hydrogen-bond acceptors (Lipinski definition) is 4. The molecule has 0 amide bonds. The molecule has 5 nitrogen and oxygen atoms in total. The van der Waals surface area contributed by atoms with Crippen LogP contribution in [0.15, 0.2) is 28.1 Å². The quantitative estimate of drug-likeness (QED) is 0.708. The van der Waals surface area contributed by atoms with Gasteiger partial charge in [0.1, 0.15) is 5.84 Å². The van der Waals surface area contributed by atoms with Gasteiger partial charge in [-0.25, -0.2) is 13.4 Å². The first-order valence-corrected chi connectivity index (χ1v) is 6.06. The zero-order chi connectivity index (χ0) is 11.2. The van der Waals surface area contributed by atoms with Crippen LogP contribution in [0.4, 0.5) is 0 Å². The van der Waals surface area contributed by atoms with E-state index in [4.69, 9.17) is 11.1 Å². The van der Waals surface area contributed by atoms with Crippen molar-refractivity contribution in [3.8, 4) is 0 Å². The molecule has 78 valence electrons. The molecule has 0 unspecified atom stereocenters. The van der Waals surface area contributed by atoms with Crippen molar-refractivity contribution in [1.29, 1.82) is 5.41 Å². The second kappa shape index (κ2) is 2.90. The number of nitrogens with one attached hydrogen (secondary N) is 1. The largest absolute Gasteiger partial charge is 0.383 e. The van der Waals surface area contributed by atoms with Gasteiger partial charge in [0, 0.05) is 17.4 Å². The van der Waals surface area contributed by atoms with Crippen LogP contribution in [0.5, 0.6) is 0 Å². The minimum Gasteiger partial charge on any atom is -0.383 e. The Bertz CT molecular complexity index is 587. The molecule has 6 heteroatoms. The van der Waals surface area contributed by atoms with Crippen molar-refractivity contribution in [2.75, 3.05) is 6.26 Å². The smallest absolute Gasteiger partial charge is 0.175 e. The molecular formula is C9H9N3O2S. The van der Waals surface area contributed by atoms with Crippen molar-refractivity contribution in [2.45, 2.75) is 4.90 Å². The predicted molar refractivity (Wildman–Crippen MR) is 57.1 cm³/mol. The molecule has 0 saturated heterocycles. The SMILES string of the molecule is CS(=O)(=O)c1ccc2c(c1)C(=N)N=C2N. The third-order valence-electron chi connectivity index (χ3n) is 2.18. The number of sulfone groups is 1. The highest BCUT2D eigenvalue weighted by atomic mass is 32.2. The predicted octanol–water partition coefficient (Wildman–Crippen LogP) is 0.134. The summed E-state index contributed by atoms with van der Waals surface area (Å²) in [6.45, 7) is 0. The molecular weight excluding hydrogens is 214 g/mol. The van der Waals surface area contributed by atoms with Gasteiger partial charge in [0.15, 0.2) is 15.7 Å². The normalized spacial score (nSPS) is 15.0. The van der Waals surface area contributed by atoms with Crippen LogP contribution in [0.1, 0.15) is 11.1 Å². The van der Waals surface area contributed by atoms with Gasteiger partial charge in [-0.1, -0.05) is 0 Å². The summed E-state index contributed by atoms with van der Waals surface area (Å²) in [7, 11) is -3.25. The monoisotopic (exact) mass is 223 g/mol. The van der Waals surface area contributed by atoms with E-state index in [0.29, 0.717) is 11.1 Å². The van der Waals surface area contributed by atoms with Crippen LogP contribution in [-0.2, 0) is 9.84 Å². The molecule has 3 N–H and O–H groups in total. The topological polar surface area (TPSA) is 96.4 Å². The zero-order valence-electron chi connectivity index (χ0n) is 7.98. The maximum atomic E-state index is 11.3. The minimum absolute atomic E-state index is 0.00741. The fourth-order valence-corrected chi connectivity index (χ4v) is 2.06. The molecule has 0 atom stereocenters. The number of fused-ring (bicyclic) bond motifs is 1. The van der Waals surface area contributed by atoms with Crippen LogP contribution in [-0.4, -0.2) is 26.3 Å². The Balaban J connectivity index is 2.66. The summed E-state index contributed by atoms with van der Waals surface area (Å²) in [5.41, 5.74) is 6.64. The van der Waals surface area contributed by atoms with Crippen molar-refractivity contribution in [3.63, 3.8) is 0 Å². The molecule has 15 heavy (non-hydrogen) atoms. The summed E-state index contributed by atoms with van der Waals surface area (Å²) in [5, 5.41) is 7.50. The number of nitrogens with zero attached hydrogens (tertiary/aromatic N) is 1. The molecule has 0 fully saturated rings. The fraction of sp³-hybridized carbons (Fsp3) is 0.111. The first-order chi connectivity index (χ1) is 6.89. The van der Waals surface area contributed by atoms with Crippen molar-refractivity contribution in [1.82, 2.24) is 0 Å². The highest BCUT2D eigenvalue weighted by Crippen LogP contribution is 2.21. The summed E-state index contributed by atoms with van der Waals surface area (Å²) in [4.78, 5) is 3.94. The third-order valence-corrected chi connectivity index (χ3v) is 3.29. The average Bonchev–Trinajstić information content (AvgIpc) is 2.41. The molecule has 2 rings (SSSR count). The summed E-state index contributed by atoms with van der Waals surface area (Å²) >= 11 is 0. The minimum atomic E-state index is -3.25. The Morgan fingerprint density at radius 3 is 2.60 bits per heavy atom. The number of hydrogen-bond donors (Lipinski definition) is 2. The fourth-order valence-electron chi connectivity index (χ4n) is 1.41. The average molecular weight is 223 g/mol. The highest BCUT2D eigenvalue weighted by molar-refractivity contribution is 7.90. The van der Waals surface area contributed by atoms with Crippen molar-refractivity contribution >= 4 is 21.5 Å². The van der Waals surface area contributed by atoms with Crippen molar-refractivity contribution < 1.29 is 8.42 Å². The van der Waals surface area contributed by atoms with Gasteiger partial charge in [-0.15, -0.1) is 0 Å². The number of aliphatic imine (C=N–C) groups is 1. The lowest BCUT2D eigenvalue weighted by molar-refractivity contribution is 0.602. The van der Waals surface area contributed by atoms with E-state index in [1.165, 1.54) is 12.1 Å². The Morgan fingerprint density at radius 2 is 2.00 bits per heavy atom. The van der Waals surface area contributed by atoms with E-state index < -0.39 is 9.84 Å². The van der Waals surface area contributed by atoms with Crippen LogP contribution in [0.2, 0.25) is 0 Å². The first kappa shape index (κ1) is 9.85. The Kier molecular flexibility index (Phi) is 1.90. The summed E-state index contributed by atoms with van der Waals surface area (Å²) in [6, 6.07) is 4.47. The van der Waals surface area contributed by atoms with Crippen LogP contribution in [0, 0.1) is 5.41 Å². The van der Waals surface area contributed by atoms with Gasteiger partial charge >= 0.3 is 0 Å². The summed E-state index contributed by atoms with van der Waals surface area (Å²) in [6.07, 6.45) is 1.12. The lowest BCUT2D eigenvalue weighted by atomic mass is 10.1. The van der Waals surface area contributed by atoms with Gasteiger partial charge in [0.2, 0.25) is 0 Å². The maximum Gasteiger partial charge on any atom is 0.175 e. The van der Waals surface area contributed by atoms with E-state index >= 15 is 0 Å². The van der Waals surface area contributed by atoms with Gasteiger partial charge in [-0.2, -0.15) is 0 Å². The van der Waals surface area contributed by atoms with E-state index in [1.54, 1.807) is 6.07 Å². The molecule has 0 radical (unpaired) electrons. The van der Waals surface area contributed by atoms with Gasteiger partial charge in [-0.05, 0) is 18.2 Å². The number of benzene rings is 1. The molecule has 1 aromatic carbocycles. The molecule has 1 heterocycles. The number of nitrogens with two attached hydrogens (primary N) is 1. The molecule has 0 saturated carbocycles. The Morgan fingerprint density at radius 1 is 1.33 bits per heavy atom. The Hall–Kier alpha value is -1.69. The Labute approximate surface area is 87.1 Å². The molecule has 0 aromatic heterocycles. The number of amidine groups is 2. The molecule has 0 spiro atoms. The van der Waals surface area contributed by atoms with Gasteiger partial charge in [-0.3, -0.25) is 5.41 Å². The van der Waals surface area contributed by atoms with Gasteiger partial charge in [0.25, 0.3) is 0 Å². The first-order valence-electron chi connectivity index (χ1n) is 4.17. The zero-order valence-corrected chi connectivity index (χ0v) is 8.80. The lowest BCUT2D eigenvalue weighted by Crippen LogP contribution is -2.10. The summed E-state index contributed by atoms with van der Waals surface area (Å²) < 4.78 is 22.6. The lowest BCUT2D eigenvalue weighted by Gasteiger charge is -2.02. The van der Waals surface area contributed by atoms with E-state index in [2.05, 4.69) is 4.99 Å². The van der Waals surface area contributed by atoms with Gasteiger partial charge < -0.3 is 5.73 Å². The van der Waals surface area contributed by atoms with Crippen LogP contribution < -0.4 is 5.73 Å². The van der Waals surface area contributed by atoms with Crippen LogP contribution in [0.3, 0.4) is 0 Å². The van der Waals surface area contributed by atoms with Crippen LogP contribution in [0.25, 0.3) is 0 Å². The van der Waals surface area contributed by atoms with E-state index in [1.807, 2.05) is 0 Å². The van der Waals surface area contributed by atoms with Crippen molar-refractivity contribution in [2.24, 2.45) is 10.7 Å². The second-order valence-electron chi connectivity index (χ2n) is 3.33. The molecule has 0 aliphatic carbocycles. The maximum absolute atomic E-state index is 11.3. The standard InChI is InChI=1S/C9H9N3O2S/c1-15(13,14)5-2-3-6-7(4-5)9(11)12-8(6)10/h2-4H,1H3,(H3,10,11,12). The third kappa shape index (κ3) is 1.52.